The lowest BCUT2D eigenvalue weighted by molar-refractivity contribution is -0.141. The Kier molecular flexibility index (Phi) is 10.6. The monoisotopic (exact) mass is 627 g/mol. The maximum absolute atomic E-state index is 12.0. The molecule has 45 heavy (non-hydrogen) atoms. The largest absolute Gasteiger partial charge is 0.433 e. The van der Waals surface area contributed by atoms with Crippen molar-refractivity contribution in [3.8, 4) is 6.07 Å². The Morgan fingerprint density at radius 1 is 1.22 bits per heavy atom. The number of aromatic amines is 1. The number of halogens is 3. The number of pyridine rings is 1. The molecule has 2 aromatic heterocycles. The van der Waals surface area contributed by atoms with Crippen molar-refractivity contribution >= 4 is 29.2 Å². The number of H-pyrrole nitrogens is 1. The van der Waals surface area contributed by atoms with Crippen molar-refractivity contribution in [2.24, 2.45) is 22.7 Å². The minimum atomic E-state index is -4.45. The van der Waals surface area contributed by atoms with Gasteiger partial charge in [-0.15, -0.1) is 0 Å². The number of piperidine rings is 1. The molecular weight excluding hydrogens is 587 g/mol. The minimum Gasteiger partial charge on any atom is -0.368 e. The third-order valence-electron chi connectivity index (χ3n) is 8.05. The van der Waals surface area contributed by atoms with E-state index < -0.39 is 17.9 Å². The van der Waals surface area contributed by atoms with E-state index in [-0.39, 0.29) is 23.3 Å². The molecule has 1 aliphatic carbocycles. The van der Waals surface area contributed by atoms with Gasteiger partial charge in [0, 0.05) is 43.2 Å². The van der Waals surface area contributed by atoms with Crippen LogP contribution < -0.4 is 16.6 Å². The van der Waals surface area contributed by atoms with Crippen molar-refractivity contribution in [3.63, 3.8) is 0 Å². The number of amides is 2. The SMILES string of the molecule is CC(C)(C)CC(=O)N1CC2[C@H](C1)C2(C)C.Cc1ccc2[nH]c(=O)c(C[C@@H](C#N)NC=O)cc2c1.Nc1nccc(C(F)(F)F)n1. The summed E-state index contributed by atoms with van der Waals surface area (Å²) in [6.07, 6.45) is -2.14. The molecule has 2 amide bonds. The smallest absolute Gasteiger partial charge is 0.368 e. The quantitative estimate of drug-likeness (QED) is 0.348. The Morgan fingerprint density at radius 3 is 2.38 bits per heavy atom. The minimum absolute atomic E-state index is 0.124. The molecule has 5 rings (SSSR count). The van der Waals surface area contributed by atoms with Gasteiger partial charge in [0.15, 0.2) is 0 Å². The lowest BCUT2D eigenvalue weighted by Gasteiger charge is -2.26. The van der Waals surface area contributed by atoms with Gasteiger partial charge in [0.25, 0.3) is 5.56 Å². The summed E-state index contributed by atoms with van der Waals surface area (Å²) in [7, 11) is 0. The highest BCUT2D eigenvalue weighted by atomic mass is 19.4. The molecule has 0 spiro atoms. The number of likely N-dealkylation sites (tertiary alicyclic amines) is 1. The standard InChI is InChI=1S/C14H13N3O2.C13H23NO.C5H4F3N3/c1-9-2-3-13-10(4-9)5-11(14(19)17-13)6-12(7-15)16-8-18;1-12(2,3)6-11(15)14-7-9-10(8-14)13(9,4)5;6-5(7,8)3-1-2-10-4(9)11-3/h2-5,8,12H,6H2,1H3,(H,16,18)(H,17,19);9-10H,6-8H2,1-5H3;1-2H,(H2,9,10,11)/t12-;9-,10?;/m00./s1. The number of hydrogen-bond donors (Lipinski definition) is 3. The van der Waals surface area contributed by atoms with Crippen LogP contribution in [-0.2, 0) is 22.2 Å². The first-order valence-electron chi connectivity index (χ1n) is 14.5. The first-order valence-corrected chi connectivity index (χ1v) is 14.5. The van der Waals surface area contributed by atoms with Crippen LogP contribution in [0.4, 0.5) is 19.1 Å². The zero-order valence-corrected chi connectivity index (χ0v) is 26.3. The Bertz CT molecular complexity index is 1610. The fourth-order valence-electron chi connectivity index (χ4n) is 5.40. The Hall–Kier alpha value is -4.47. The number of alkyl halides is 3. The van der Waals surface area contributed by atoms with Gasteiger partial charge in [-0.1, -0.05) is 46.2 Å². The number of carbonyl (C=O) groups excluding carboxylic acids is 2. The molecule has 1 saturated heterocycles. The second kappa shape index (κ2) is 13.7. The molecule has 0 bridgehead atoms. The molecule has 1 saturated carbocycles. The second-order valence-corrected chi connectivity index (χ2v) is 13.3. The van der Waals surface area contributed by atoms with Gasteiger partial charge in [0.1, 0.15) is 11.7 Å². The summed E-state index contributed by atoms with van der Waals surface area (Å²) in [6.45, 7) is 15.0. The number of nitrogen functional groups attached to an aromatic ring is 1. The van der Waals surface area contributed by atoms with Crippen LogP contribution in [0.25, 0.3) is 10.9 Å². The van der Waals surface area contributed by atoms with E-state index in [2.05, 4.69) is 59.8 Å². The lowest BCUT2D eigenvalue weighted by atomic mass is 9.91. The van der Waals surface area contributed by atoms with Gasteiger partial charge in [-0.2, -0.15) is 18.4 Å². The molecule has 242 valence electrons. The van der Waals surface area contributed by atoms with Crippen LogP contribution >= 0.6 is 0 Å². The van der Waals surface area contributed by atoms with E-state index in [1.807, 2.05) is 31.2 Å². The molecule has 1 unspecified atom stereocenters. The molecular formula is C32H40F3N7O3. The molecule has 3 atom stereocenters. The van der Waals surface area contributed by atoms with Crippen molar-refractivity contribution in [2.75, 3.05) is 18.8 Å². The predicted octanol–water partition coefficient (Wildman–Crippen LogP) is 4.63. The highest BCUT2D eigenvalue weighted by Gasteiger charge is 2.62. The average Bonchev–Trinajstić information content (AvgIpc) is 3.24. The third kappa shape index (κ3) is 9.51. The second-order valence-electron chi connectivity index (χ2n) is 13.3. The lowest BCUT2D eigenvalue weighted by Crippen LogP contribution is -2.35. The maximum atomic E-state index is 12.0. The number of nitrogens with one attached hydrogen (secondary N) is 2. The molecule has 0 radical (unpaired) electrons. The number of fused-ring (bicyclic) bond motifs is 2. The summed E-state index contributed by atoms with van der Waals surface area (Å²) < 4.78 is 35.5. The molecule has 10 nitrogen and oxygen atoms in total. The van der Waals surface area contributed by atoms with E-state index >= 15 is 0 Å². The van der Waals surface area contributed by atoms with Crippen LogP contribution in [0.1, 0.15) is 57.9 Å². The van der Waals surface area contributed by atoms with Crippen LogP contribution in [0.15, 0.2) is 41.3 Å². The fourth-order valence-corrected chi connectivity index (χ4v) is 5.40. The number of aromatic nitrogens is 3. The van der Waals surface area contributed by atoms with E-state index in [9.17, 15) is 27.6 Å². The van der Waals surface area contributed by atoms with Gasteiger partial charge in [-0.25, -0.2) is 9.97 Å². The van der Waals surface area contributed by atoms with Gasteiger partial charge in [0.05, 0.1) is 6.07 Å². The normalized spacial score (nSPS) is 18.7. The highest BCUT2D eigenvalue weighted by molar-refractivity contribution is 5.79. The Morgan fingerprint density at radius 2 is 1.87 bits per heavy atom. The summed E-state index contributed by atoms with van der Waals surface area (Å²) in [5.74, 6) is 1.54. The number of hydrogen-bond acceptors (Lipinski definition) is 7. The first kappa shape index (κ1) is 35.0. The van der Waals surface area contributed by atoms with Crippen molar-refractivity contribution in [2.45, 2.75) is 66.6 Å². The third-order valence-corrected chi connectivity index (χ3v) is 8.05. The van der Waals surface area contributed by atoms with Gasteiger partial charge < -0.3 is 20.9 Å². The van der Waals surface area contributed by atoms with E-state index in [4.69, 9.17) is 11.0 Å². The van der Waals surface area contributed by atoms with E-state index in [0.717, 1.165) is 53.7 Å². The van der Waals surface area contributed by atoms with E-state index in [1.165, 1.54) is 0 Å². The number of nitrogens with zero attached hydrogens (tertiary/aromatic N) is 4. The number of rotatable bonds is 5. The van der Waals surface area contributed by atoms with Crippen LogP contribution in [0.2, 0.25) is 0 Å². The molecule has 2 aliphatic rings. The Labute approximate surface area is 260 Å². The molecule has 2 fully saturated rings. The molecule has 3 heterocycles. The molecule has 1 aromatic carbocycles. The number of benzene rings is 1. The van der Waals surface area contributed by atoms with Crippen molar-refractivity contribution < 1.29 is 22.8 Å². The van der Waals surface area contributed by atoms with Gasteiger partial charge in [-0.05, 0) is 59.2 Å². The highest BCUT2D eigenvalue weighted by Crippen LogP contribution is 2.62. The Balaban J connectivity index is 0.000000191. The summed E-state index contributed by atoms with van der Waals surface area (Å²) >= 11 is 0. The van der Waals surface area contributed by atoms with Crippen LogP contribution in [0, 0.1) is 40.9 Å². The van der Waals surface area contributed by atoms with Gasteiger partial charge in [-0.3, -0.25) is 14.4 Å². The van der Waals surface area contributed by atoms with Gasteiger partial charge in [0.2, 0.25) is 18.3 Å². The molecule has 1 aliphatic heterocycles. The van der Waals surface area contributed by atoms with Gasteiger partial charge >= 0.3 is 6.18 Å². The van der Waals surface area contributed by atoms with Crippen LogP contribution in [0.3, 0.4) is 0 Å². The molecule has 4 N–H and O–H groups in total. The number of aryl methyl sites for hydroxylation is 1. The number of nitrogens with two attached hydrogens (primary N) is 1. The van der Waals surface area contributed by atoms with Crippen molar-refractivity contribution in [1.82, 2.24) is 25.2 Å². The fraction of sp³-hybridized carbons (Fsp3) is 0.500. The van der Waals surface area contributed by atoms with Crippen molar-refractivity contribution in [1.29, 1.82) is 5.26 Å². The summed E-state index contributed by atoms with van der Waals surface area (Å²) in [5.41, 5.74) is 6.65. The zero-order valence-electron chi connectivity index (χ0n) is 26.3. The van der Waals surface area contributed by atoms with E-state index in [0.29, 0.717) is 29.7 Å². The summed E-state index contributed by atoms with van der Waals surface area (Å²) in [4.78, 5) is 45.4. The van der Waals surface area contributed by atoms with Crippen LogP contribution in [-0.4, -0.2) is 51.3 Å². The van der Waals surface area contributed by atoms with E-state index in [1.54, 1.807) is 6.07 Å². The van der Waals surface area contributed by atoms with Crippen LogP contribution in [0.5, 0.6) is 0 Å². The average molecular weight is 628 g/mol. The molecule has 3 aromatic rings. The summed E-state index contributed by atoms with van der Waals surface area (Å²) in [6, 6.07) is 9.50. The number of carbonyl (C=O) groups is 2. The topological polar surface area (TPSA) is 158 Å². The maximum Gasteiger partial charge on any atom is 0.433 e. The zero-order chi connectivity index (χ0) is 33.7. The number of anilines is 1. The van der Waals surface area contributed by atoms with Crippen molar-refractivity contribution in [3.05, 3.63) is 63.7 Å². The predicted molar refractivity (Wildman–Crippen MR) is 164 cm³/mol. The number of nitriles is 1. The summed E-state index contributed by atoms with van der Waals surface area (Å²) in [5, 5.41) is 12.2. The molecule has 13 heteroatoms. The first-order chi connectivity index (χ1) is 20.8.